The van der Waals surface area contributed by atoms with Crippen LogP contribution in [0.2, 0.25) is 0 Å². The van der Waals surface area contributed by atoms with E-state index in [-0.39, 0.29) is 24.6 Å². The van der Waals surface area contributed by atoms with Gasteiger partial charge in [0.15, 0.2) is 11.5 Å². The molecule has 1 saturated heterocycles. The zero-order valence-electron chi connectivity index (χ0n) is 12.0. The summed E-state index contributed by atoms with van der Waals surface area (Å²) in [6.45, 7) is 1.71. The number of rotatable bonds is 5. The van der Waals surface area contributed by atoms with Crippen molar-refractivity contribution in [2.45, 2.75) is 12.8 Å². The molecule has 1 aliphatic rings. The number of aliphatic hydroxyl groups excluding tert-OH is 1. The number of aromatic nitrogens is 3. The van der Waals surface area contributed by atoms with Crippen molar-refractivity contribution in [2.24, 2.45) is 0 Å². The Balaban J connectivity index is 1.92. The van der Waals surface area contributed by atoms with Crippen LogP contribution in [0.15, 0.2) is 12.3 Å². The number of hydrogen-bond donors (Lipinski definition) is 3. The van der Waals surface area contributed by atoms with Crippen molar-refractivity contribution < 1.29 is 14.7 Å². The molecule has 2 aromatic heterocycles. The Kier molecular flexibility index (Phi) is 4.07. The van der Waals surface area contributed by atoms with E-state index < -0.39 is 5.91 Å². The summed E-state index contributed by atoms with van der Waals surface area (Å²) in [4.78, 5) is 23.6. The lowest BCUT2D eigenvalue weighted by molar-refractivity contribution is 0.0170. The number of fused-ring (bicyclic) bond motifs is 1. The fourth-order valence-corrected chi connectivity index (χ4v) is 2.49. The van der Waals surface area contributed by atoms with Crippen molar-refractivity contribution >= 4 is 23.2 Å². The van der Waals surface area contributed by atoms with Crippen LogP contribution in [-0.2, 0) is 4.84 Å². The van der Waals surface area contributed by atoms with Gasteiger partial charge in [0.2, 0.25) is 0 Å². The number of hydrogen-bond acceptors (Lipinski definition) is 7. The molecule has 0 saturated carbocycles. The first-order valence-electron chi connectivity index (χ1n) is 7.13. The van der Waals surface area contributed by atoms with Gasteiger partial charge in [0.25, 0.3) is 5.91 Å². The van der Waals surface area contributed by atoms with E-state index in [1.165, 1.54) is 4.52 Å². The normalized spacial score (nSPS) is 14.7. The molecule has 0 radical (unpaired) electrons. The lowest BCUT2D eigenvalue weighted by atomic mass is 10.3. The van der Waals surface area contributed by atoms with Crippen molar-refractivity contribution in [3.63, 3.8) is 0 Å². The molecule has 9 heteroatoms. The Morgan fingerprint density at radius 3 is 2.95 bits per heavy atom. The van der Waals surface area contributed by atoms with Gasteiger partial charge >= 0.3 is 0 Å². The summed E-state index contributed by atoms with van der Waals surface area (Å²) < 4.78 is 1.47. The van der Waals surface area contributed by atoms with Crippen LogP contribution in [0, 0.1) is 0 Å². The number of nitrogen functional groups attached to an aromatic ring is 1. The molecule has 0 aromatic carbocycles. The molecule has 3 rings (SSSR count). The molecule has 1 fully saturated rings. The second-order valence-electron chi connectivity index (χ2n) is 5.01. The highest BCUT2D eigenvalue weighted by molar-refractivity contribution is 6.03. The number of anilines is 2. The Labute approximate surface area is 126 Å². The quantitative estimate of drug-likeness (QED) is 0.506. The number of carbonyl (C=O) groups is 1. The molecule has 0 spiro atoms. The Morgan fingerprint density at radius 1 is 1.45 bits per heavy atom. The summed E-state index contributed by atoms with van der Waals surface area (Å²) >= 11 is 0. The van der Waals surface area contributed by atoms with Crippen molar-refractivity contribution in [2.75, 3.05) is 36.9 Å². The van der Waals surface area contributed by atoms with E-state index in [9.17, 15) is 4.79 Å². The minimum Gasteiger partial charge on any atom is -0.394 e. The Hall–Kier alpha value is -2.39. The Morgan fingerprint density at radius 2 is 2.23 bits per heavy atom. The van der Waals surface area contributed by atoms with Gasteiger partial charge in [0, 0.05) is 19.3 Å². The predicted octanol–water partition coefficient (Wildman–Crippen LogP) is -0.435. The average Bonchev–Trinajstić information content (AvgIpc) is 3.13. The molecule has 3 heterocycles. The van der Waals surface area contributed by atoms with Gasteiger partial charge in [-0.1, -0.05) is 0 Å². The van der Waals surface area contributed by atoms with E-state index in [1.807, 2.05) is 6.07 Å². The van der Waals surface area contributed by atoms with Crippen LogP contribution in [0.5, 0.6) is 0 Å². The summed E-state index contributed by atoms with van der Waals surface area (Å²) in [6, 6.07) is 1.86. The maximum Gasteiger partial charge on any atom is 0.282 e. The smallest absolute Gasteiger partial charge is 0.282 e. The SMILES string of the molecule is Nc1nn2ccc(N3CCCC3)nc2c1C(=O)NOCCO. The van der Waals surface area contributed by atoms with Crippen molar-refractivity contribution in [3.8, 4) is 0 Å². The van der Waals surface area contributed by atoms with Crippen LogP contribution in [0.25, 0.3) is 5.65 Å². The number of nitrogens with one attached hydrogen (secondary N) is 1. The van der Waals surface area contributed by atoms with Crippen LogP contribution in [0.3, 0.4) is 0 Å². The van der Waals surface area contributed by atoms with E-state index >= 15 is 0 Å². The fourth-order valence-electron chi connectivity index (χ4n) is 2.49. The molecule has 1 aliphatic heterocycles. The molecule has 9 nitrogen and oxygen atoms in total. The molecular weight excluding hydrogens is 288 g/mol. The van der Waals surface area contributed by atoms with Gasteiger partial charge in [-0.05, 0) is 18.9 Å². The lowest BCUT2D eigenvalue weighted by Crippen LogP contribution is -2.26. The molecule has 0 bridgehead atoms. The third kappa shape index (κ3) is 2.68. The molecular formula is C13H18N6O3. The van der Waals surface area contributed by atoms with Crippen LogP contribution in [0.4, 0.5) is 11.6 Å². The molecule has 118 valence electrons. The number of aliphatic hydroxyl groups is 1. The van der Waals surface area contributed by atoms with Crippen molar-refractivity contribution in [1.29, 1.82) is 0 Å². The third-order valence-corrected chi connectivity index (χ3v) is 3.51. The number of amides is 1. The van der Waals surface area contributed by atoms with Gasteiger partial charge in [-0.3, -0.25) is 9.63 Å². The number of nitrogens with two attached hydrogens (primary N) is 1. The lowest BCUT2D eigenvalue weighted by Gasteiger charge is -2.16. The van der Waals surface area contributed by atoms with Crippen molar-refractivity contribution in [1.82, 2.24) is 20.1 Å². The van der Waals surface area contributed by atoms with E-state index in [0.717, 1.165) is 31.7 Å². The zero-order chi connectivity index (χ0) is 15.5. The highest BCUT2D eigenvalue weighted by Gasteiger charge is 2.21. The molecule has 0 unspecified atom stereocenters. The first-order chi connectivity index (χ1) is 10.7. The molecule has 2 aromatic rings. The molecule has 22 heavy (non-hydrogen) atoms. The molecule has 0 atom stereocenters. The zero-order valence-corrected chi connectivity index (χ0v) is 12.0. The number of nitrogens with zero attached hydrogens (tertiary/aromatic N) is 4. The van der Waals surface area contributed by atoms with E-state index in [0.29, 0.717) is 5.65 Å². The van der Waals surface area contributed by atoms with Crippen LogP contribution in [-0.4, -0.2) is 51.9 Å². The van der Waals surface area contributed by atoms with E-state index in [4.69, 9.17) is 15.7 Å². The monoisotopic (exact) mass is 306 g/mol. The highest BCUT2D eigenvalue weighted by Crippen LogP contribution is 2.22. The van der Waals surface area contributed by atoms with E-state index in [2.05, 4.69) is 20.5 Å². The average molecular weight is 306 g/mol. The topological polar surface area (TPSA) is 118 Å². The van der Waals surface area contributed by atoms with Gasteiger partial charge in [-0.2, -0.15) is 0 Å². The summed E-state index contributed by atoms with van der Waals surface area (Å²) in [5, 5.41) is 12.7. The number of hydroxylamine groups is 1. The van der Waals surface area contributed by atoms with Gasteiger partial charge < -0.3 is 15.7 Å². The summed E-state index contributed by atoms with van der Waals surface area (Å²) in [6.07, 6.45) is 4.00. The first kappa shape index (κ1) is 14.5. The maximum atomic E-state index is 12.1. The Bertz CT molecular complexity index is 680. The fraction of sp³-hybridized carbons (Fsp3) is 0.462. The minimum absolute atomic E-state index is 0.00267. The highest BCUT2D eigenvalue weighted by atomic mass is 16.7. The predicted molar refractivity (Wildman–Crippen MR) is 79.4 cm³/mol. The summed E-state index contributed by atoms with van der Waals surface area (Å²) in [5.41, 5.74) is 8.58. The minimum atomic E-state index is -0.535. The standard InChI is InChI=1S/C13H18N6O3/c14-11-10(13(21)17-22-8-7-20)12-15-9(3-6-19(12)16-11)18-4-1-2-5-18/h3,6,20H,1-2,4-5,7-8H2,(H2,14,16)(H,17,21). The second kappa shape index (κ2) is 6.16. The molecule has 1 amide bonds. The molecule has 4 N–H and O–H groups in total. The van der Waals surface area contributed by atoms with Crippen LogP contribution in [0.1, 0.15) is 23.2 Å². The van der Waals surface area contributed by atoms with Gasteiger partial charge in [0.1, 0.15) is 11.4 Å². The van der Waals surface area contributed by atoms with Crippen LogP contribution >= 0.6 is 0 Å². The van der Waals surface area contributed by atoms with Gasteiger partial charge in [-0.15, -0.1) is 5.10 Å². The first-order valence-corrected chi connectivity index (χ1v) is 7.13. The van der Waals surface area contributed by atoms with Gasteiger partial charge in [-0.25, -0.2) is 15.0 Å². The number of carbonyl (C=O) groups excluding carboxylic acids is 1. The van der Waals surface area contributed by atoms with Gasteiger partial charge in [0.05, 0.1) is 13.2 Å². The summed E-state index contributed by atoms with van der Waals surface area (Å²) in [7, 11) is 0. The largest absolute Gasteiger partial charge is 0.394 e. The van der Waals surface area contributed by atoms with Crippen LogP contribution < -0.4 is 16.1 Å². The second-order valence-corrected chi connectivity index (χ2v) is 5.01. The molecule has 0 aliphatic carbocycles. The van der Waals surface area contributed by atoms with E-state index in [1.54, 1.807) is 6.20 Å². The maximum absolute atomic E-state index is 12.1. The third-order valence-electron chi connectivity index (χ3n) is 3.51. The van der Waals surface area contributed by atoms with Crippen molar-refractivity contribution in [3.05, 3.63) is 17.8 Å². The summed E-state index contributed by atoms with van der Waals surface area (Å²) in [5.74, 6) is 0.346.